The van der Waals surface area contributed by atoms with E-state index in [-0.39, 0.29) is 5.88 Å². The molecule has 1 aromatic carbocycles. The van der Waals surface area contributed by atoms with Gasteiger partial charge in [0.1, 0.15) is 23.1 Å². The maximum absolute atomic E-state index is 9.54. The van der Waals surface area contributed by atoms with Gasteiger partial charge in [0.15, 0.2) is 0 Å². The minimum absolute atomic E-state index is 0.0540. The van der Waals surface area contributed by atoms with Crippen LogP contribution in [0, 0.1) is 18.3 Å². The second-order valence-corrected chi connectivity index (χ2v) is 5.14. The van der Waals surface area contributed by atoms with E-state index in [1.54, 1.807) is 20.3 Å². The number of benzene rings is 1. The predicted molar refractivity (Wildman–Crippen MR) is 82.2 cm³/mol. The number of H-pyrrole nitrogens is 1. The highest BCUT2D eigenvalue weighted by Crippen LogP contribution is 2.44. The maximum Gasteiger partial charge on any atom is 0.244 e. The summed E-state index contributed by atoms with van der Waals surface area (Å²) < 4.78 is 16.1. The summed E-state index contributed by atoms with van der Waals surface area (Å²) in [6, 6.07) is 7.60. The molecule has 1 aliphatic rings. The average Bonchev–Trinajstić information content (AvgIpc) is 2.93. The van der Waals surface area contributed by atoms with Crippen molar-refractivity contribution in [3.63, 3.8) is 0 Å². The van der Waals surface area contributed by atoms with Crippen LogP contribution in [0.25, 0.3) is 0 Å². The number of nitrogens with zero attached hydrogens (tertiary/aromatic N) is 2. The Morgan fingerprint density at radius 2 is 1.91 bits per heavy atom. The topological polar surface area (TPSA) is 106 Å². The molecule has 0 saturated carbocycles. The number of hydrogen-bond acceptors (Lipinski definition) is 6. The Balaban J connectivity index is 2.24. The molecule has 23 heavy (non-hydrogen) atoms. The van der Waals surface area contributed by atoms with Crippen LogP contribution in [-0.4, -0.2) is 24.4 Å². The van der Waals surface area contributed by atoms with Gasteiger partial charge in [-0.05, 0) is 24.6 Å². The Morgan fingerprint density at radius 3 is 2.48 bits per heavy atom. The molecule has 0 unspecified atom stereocenters. The summed E-state index contributed by atoms with van der Waals surface area (Å²) >= 11 is 0. The number of allylic oxidation sites excluding steroid dienone is 1. The van der Waals surface area contributed by atoms with Crippen LogP contribution in [-0.2, 0) is 0 Å². The molecular formula is C16H16N4O3. The minimum atomic E-state index is -0.397. The zero-order chi connectivity index (χ0) is 16.6. The van der Waals surface area contributed by atoms with Gasteiger partial charge < -0.3 is 19.9 Å². The van der Waals surface area contributed by atoms with Crippen molar-refractivity contribution in [3.05, 3.63) is 46.5 Å². The van der Waals surface area contributed by atoms with Crippen LogP contribution in [0.5, 0.6) is 17.4 Å². The lowest BCUT2D eigenvalue weighted by Gasteiger charge is -2.24. The first-order valence-corrected chi connectivity index (χ1v) is 6.94. The Labute approximate surface area is 133 Å². The van der Waals surface area contributed by atoms with E-state index in [9.17, 15) is 5.26 Å². The molecule has 1 aromatic heterocycles. The molecule has 0 fully saturated rings. The minimum Gasteiger partial charge on any atom is -0.497 e. The summed E-state index contributed by atoms with van der Waals surface area (Å²) in [6.45, 7) is 1.87. The Morgan fingerprint density at radius 1 is 1.26 bits per heavy atom. The molecule has 1 aliphatic heterocycles. The van der Waals surface area contributed by atoms with Crippen molar-refractivity contribution in [2.75, 3.05) is 14.2 Å². The van der Waals surface area contributed by atoms with Gasteiger partial charge in [0, 0.05) is 17.3 Å². The number of aromatic amines is 1. The highest BCUT2D eigenvalue weighted by atomic mass is 16.5. The zero-order valence-electron chi connectivity index (χ0n) is 13.0. The molecule has 0 radical (unpaired) electrons. The van der Waals surface area contributed by atoms with Crippen LogP contribution in [0.1, 0.15) is 22.7 Å². The molecule has 0 aliphatic carbocycles. The Hall–Kier alpha value is -3.14. The SMILES string of the molecule is COc1cc(OC)cc([C@@H]2C(C#N)=C(N)Oc3n[nH]c(C)c32)c1. The monoisotopic (exact) mass is 312 g/mol. The fraction of sp³-hybridized carbons (Fsp3) is 0.250. The molecule has 0 amide bonds. The number of aromatic nitrogens is 2. The number of aryl methyl sites for hydroxylation is 1. The summed E-state index contributed by atoms with van der Waals surface area (Å²) in [4.78, 5) is 0. The first-order chi connectivity index (χ1) is 11.1. The number of hydrogen-bond donors (Lipinski definition) is 2. The van der Waals surface area contributed by atoms with Crippen molar-refractivity contribution < 1.29 is 14.2 Å². The van der Waals surface area contributed by atoms with Crippen LogP contribution < -0.4 is 19.9 Å². The molecule has 0 bridgehead atoms. The third kappa shape index (κ3) is 2.34. The first-order valence-electron chi connectivity index (χ1n) is 6.94. The van der Waals surface area contributed by atoms with E-state index < -0.39 is 5.92 Å². The summed E-state index contributed by atoms with van der Waals surface area (Å²) in [5.41, 5.74) is 8.64. The third-order valence-electron chi connectivity index (χ3n) is 3.84. The molecule has 0 spiro atoms. The Bertz CT molecular complexity index is 810. The van der Waals surface area contributed by atoms with E-state index in [0.717, 1.165) is 16.8 Å². The summed E-state index contributed by atoms with van der Waals surface area (Å²) in [5, 5.41) is 16.5. The van der Waals surface area contributed by atoms with E-state index in [1.807, 2.05) is 19.1 Å². The normalized spacial score (nSPS) is 16.3. The zero-order valence-corrected chi connectivity index (χ0v) is 13.0. The molecule has 1 atom stereocenters. The van der Waals surface area contributed by atoms with Gasteiger partial charge in [-0.15, -0.1) is 5.10 Å². The van der Waals surface area contributed by atoms with E-state index in [1.165, 1.54) is 0 Å². The molecule has 3 N–H and O–H groups in total. The fourth-order valence-electron chi connectivity index (χ4n) is 2.73. The number of nitrogens with two attached hydrogens (primary N) is 1. The standard InChI is InChI=1S/C16H16N4O3/c1-8-13-14(9-4-10(21-2)6-11(5-9)22-3)12(7-17)15(18)23-16(13)20-19-8/h4-6,14H,18H2,1-3H3,(H,19,20)/t14-/m1/s1. The van der Waals surface area contributed by atoms with Crippen LogP contribution >= 0.6 is 0 Å². The van der Waals surface area contributed by atoms with Crippen LogP contribution in [0.4, 0.5) is 0 Å². The van der Waals surface area contributed by atoms with Crippen LogP contribution in [0.15, 0.2) is 29.7 Å². The van der Waals surface area contributed by atoms with Gasteiger partial charge in [-0.3, -0.25) is 5.10 Å². The summed E-state index contributed by atoms with van der Waals surface area (Å²) in [5.74, 6) is 1.30. The Kier molecular flexibility index (Phi) is 3.58. The van der Waals surface area contributed by atoms with Crippen LogP contribution in [0.2, 0.25) is 0 Å². The van der Waals surface area contributed by atoms with E-state index >= 15 is 0 Å². The summed E-state index contributed by atoms with van der Waals surface area (Å²) in [6.07, 6.45) is 0. The van der Waals surface area contributed by atoms with Gasteiger partial charge in [0.25, 0.3) is 0 Å². The highest BCUT2D eigenvalue weighted by molar-refractivity contribution is 5.57. The number of nitrogens with one attached hydrogen (secondary N) is 1. The predicted octanol–water partition coefficient (Wildman–Crippen LogP) is 1.95. The van der Waals surface area contributed by atoms with Crippen molar-refractivity contribution >= 4 is 0 Å². The van der Waals surface area contributed by atoms with E-state index in [2.05, 4.69) is 16.3 Å². The average molecular weight is 312 g/mol. The smallest absolute Gasteiger partial charge is 0.244 e. The lowest BCUT2D eigenvalue weighted by atomic mass is 9.84. The van der Waals surface area contributed by atoms with Crippen molar-refractivity contribution in [1.82, 2.24) is 10.2 Å². The van der Waals surface area contributed by atoms with Gasteiger partial charge in [0.2, 0.25) is 11.8 Å². The number of ether oxygens (including phenoxy) is 3. The largest absolute Gasteiger partial charge is 0.497 e. The lowest BCUT2D eigenvalue weighted by molar-refractivity contribution is 0.377. The number of rotatable bonds is 3. The summed E-state index contributed by atoms with van der Waals surface area (Å²) in [7, 11) is 3.15. The van der Waals surface area contributed by atoms with Crippen LogP contribution in [0.3, 0.4) is 0 Å². The van der Waals surface area contributed by atoms with E-state index in [0.29, 0.717) is 23.0 Å². The van der Waals surface area contributed by atoms with Gasteiger partial charge in [-0.1, -0.05) is 0 Å². The van der Waals surface area contributed by atoms with Gasteiger partial charge in [-0.25, -0.2) is 0 Å². The molecule has 7 heteroatoms. The molecule has 7 nitrogen and oxygen atoms in total. The quantitative estimate of drug-likeness (QED) is 0.897. The highest BCUT2D eigenvalue weighted by Gasteiger charge is 2.34. The van der Waals surface area contributed by atoms with E-state index in [4.69, 9.17) is 19.9 Å². The lowest BCUT2D eigenvalue weighted by Crippen LogP contribution is -2.21. The molecular weight excluding hydrogens is 296 g/mol. The van der Waals surface area contributed by atoms with Crippen molar-refractivity contribution in [2.24, 2.45) is 5.73 Å². The molecule has 2 heterocycles. The maximum atomic E-state index is 9.54. The second kappa shape index (κ2) is 5.57. The first kappa shape index (κ1) is 14.8. The fourth-order valence-corrected chi connectivity index (χ4v) is 2.73. The molecule has 118 valence electrons. The second-order valence-electron chi connectivity index (χ2n) is 5.14. The molecule has 3 rings (SSSR count). The van der Waals surface area contributed by atoms with Gasteiger partial charge >= 0.3 is 0 Å². The van der Waals surface area contributed by atoms with Crippen molar-refractivity contribution in [3.8, 4) is 23.4 Å². The number of nitriles is 1. The van der Waals surface area contributed by atoms with Crippen molar-refractivity contribution in [1.29, 1.82) is 5.26 Å². The van der Waals surface area contributed by atoms with Gasteiger partial charge in [0.05, 0.1) is 20.1 Å². The molecule has 2 aromatic rings. The molecule has 0 saturated heterocycles. The number of methoxy groups -OCH3 is 2. The van der Waals surface area contributed by atoms with Gasteiger partial charge in [-0.2, -0.15) is 5.26 Å². The third-order valence-corrected chi connectivity index (χ3v) is 3.84. The van der Waals surface area contributed by atoms with Crippen molar-refractivity contribution in [2.45, 2.75) is 12.8 Å². The number of fused-ring (bicyclic) bond motifs is 1.